The van der Waals surface area contributed by atoms with Crippen LogP contribution in [-0.4, -0.2) is 26.6 Å². The largest absolute Gasteiger partial charge is 0.482 e. The molecule has 0 unspecified atom stereocenters. The van der Waals surface area contributed by atoms with Crippen molar-refractivity contribution in [1.29, 1.82) is 0 Å². The molecule has 7 heteroatoms. The van der Waals surface area contributed by atoms with E-state index >= 15 is 0 Å². The van der Waals surface area contributed by atoms with Gasteiger partial charge in [0.25, 0.3) is 0 Å². The molecule has 0 radical (unpaired) electrons. The van der Waals surface area contributed by atoms with E-state index in [4.69, 9.17) is 4.74 Å². The Balaban J connectivity index is 1.39. The summed E-state index contributed by atoms with van der Waals surface area (Å²) in [7, 11) is 0. The summed E-state index contributed by atoms with van der Waals surface area (Å²) in [5.41, 5.74) is 4.58. The zero-order valence-electron chi connectivity index (χ0n) is 17.1. The molecule has 5 aromatic rings. The van der Waals surface area contributed by atoms with E-state index in [1.165, 1.54) is 11.3 Å². The number of ether oxygens (including phenoxy) is 1. The third-order valence-corrected chi connectivity index (χ3v) is 5.56. The number of aromatic amines is 1. The highest BCUT2D eigenvalue weighted by atomic mass is 32.1. The third kappa shape index (κ3) is 4.48. The zero-order valence-corrected chi connectivity index (χ0v) is 17.9. The van der Waals surface area contributed by atoms with Crippen molar-refractivity contribution in [3.8, 4) is 28.3 Å². The van der Waals surface area contributed by atoms with E-state index in [0.717, 1.165) is 33.1 Å². The maximum absolute atomic E-state index is 6.24. The molecule has 6 nitrogen and oxygen atoms in total. The Labute approximate surface area is 189 Å². The Kier molecular flexibility index (Phi) is 5.80. The smallest absolute Gasteiger partial charge is 0.231 e. The van der Waals surface area contributed by atoms with Crippen LogP contribution in [0, 0.1) is 0 Å². The van der Waals surface area contributed by atoms with Crippen LogP contribution in [0.25, 0.3) is 22.5 Å². The van der Waals surface area contributed by atoms with Crippen molar-refractivity contribution in [2.75, 3.05) is 0 Å². The van der Waals surface area contributed by atoms with Crippen LogP contribution in [-0.2, 0) is 6.61 Å². The van der Waals surface area contributed by atoms with E-state index in [-0.39, 0.29) is 6.61 Å². The molecule has 0 saturated heterocycles. The van der Waals surface area contributed by atoms with Crippen LogP contribution >= 0.6 is 11.3 Å². The Bertz CT molecular complexity index is 1260. The minimum Gasteiger partial charge on any atom is -0.482 e. The monoisotopic (exact) mass is 437 g/mol. The first kappa shape index (κ1) is 19.8. The standard InChI is InChI=1S/C25H19N5OS/c1-4-10-18(11-5-1)16-26-25-30-27-21(32-25)17-31-24-22(19-12-6-2-7-13-19)28-29-23(24)20-14-8-3-9-15-20/h1-16H,17H2,(H,28,29)/b26-16+. The second-order valence-corrected chi connectivity index (χ2v) is 7.98. The van der Waals surface area contributed by atoms with Crippen molar-refractivity contribution < 1.29 is 4.74 Å². The van der Waals surface area contributed by atoms with Gasteiger partial charge in [-0.3, -0.25) is 5.10 Å². The molecule has 5 rings (SSSR count). The Morgan fingerprint density at radius 3 is 2.19 bits per heavy atom. The lowest BCUT2D eigenvalue weighted by Gasteiger charge is -2.08. The highest BCUT2D eigenvalue weighted by molar-refractivity contribution is 7.14. The first-order valence-corrected chi connectivity index (χ1v) is 10.9. The van der Waals surface area contributed by atoms with E-state index in [1.54, 1.807) is 6.21 Å². The second kappa shape index (κ2) is 9.36. The molecule has 0 atom stereocenters. The Morgan fingerprint density at radius 1 is 0.812 bits per heavy atom. The van der Waals surface area contributed by atoms with Crippen molar-refractivity contribution >= 4 is 22.7 Å². The number of aliphatic imine (C=N–C) groups is 1. The van der Waals surface area contributed by atoms with Gasteiger partial charge in [0.2, 0.25) is 5.13 Å². The highest BCUT2D eigenvalue weighted by Gasteiger charge is 2.18. The fourth-order valence-corrected chi connectivity index (χ4v) is 3.82. The Morgan fingerprint density at radius 2 is 1.47 bits per heavy atom. The number of H-pyrrole nitrogens is 1. The lowest BCUT2D eigenvalue weighted by atomic mass is 10.1. The van der Waals surface area contributed by atoms with Crippen LogP contribution in [0.3, 0.4) is 0 Å². The molecule has 0 aliphatic heterocycles. The lowest BCUT2D eigenvalue weighted by Crippen LogP contribution is -1.97. The number of aromatic nitrogens is 4. The maximum Gasteiger partial charge on any atom is 0.231 e. The molecule has 0 aliphatic rings. The summed E-state index contributed by atoms with van der Waals surface area (Å²) < 4.78 is 6.24. The number of hydrogen-bond donors (Lipinski definition) is 1. The van der Waals surface area contributed by atoms with Crippen LogP contribution < -0.4 is 4.74 Å². The van der Waals surface area contributed by atoms with Crippen molar-refractivity contribution in [3.05, 3.63) is 102 Å². The van der Waals surface area contributed by atoms with Gasteiger partial charge in [0.15, 0.2) is 10.8 Å². The van der Waals surface area contributed by atoms with E-state index in [1.807, 2.05) is 91.0 Å². The van der Waals surface area contributed by atoms with Crippen LogP contribution in [0.2, 0.25) is 0 Å². The van der Waals surface area contributed by atoms with Crippen molar-refractivity contribution in [2.24, 2.45) is 4.99 Å². The molecule has 0 spiro atoms. The summed E-state index contributed by atoms with van der Waals surface area (Å²) in [5, 5.41) is 17.4. The van der Waals surface area contributed by atoms with Gasteiger partial charge >= 0.3 is 0 Å². The van der Waals surface area contributed by atoms with Crippen molar-refractivity contribution in [1.82, 2.24) is 20.4 Å². The predicted octanol–water partition coefficient (Wildman–Crippen LogP) is 5.92. The number of rotatable bonds is 7. The van der Waals surface area contributed by atoms with Crippen LogP contribution in [0.15, 0.2) is 96.0 Å². The molecule has 2 aromatic heterocycles. The molecule has 156 valence electrons. The molecule has 0 bridgehead atoms. The van der Waals surface area contributed by atoms with E-state index < -0.39 is 0 Å². The highest BCUT2D eigenvalue weighted by Crippen LogP contribution is 2.37. The third-order valence-electron chi connectivity index (χ3n) is 4.75. The second-order valence-electron chi connectivity index (χ2n) is 6.94. The van der Waals surface area contributed by atoms with Gasteiger partial charge in [-0.2, -0.15) is 5.10 Å². The summed E-state index contributed by atoms with van der Waals surface area (Å²) in [4.78, 5) is 4.42. The fourth-order valence-electron chi connectivity index (χ4n) is 3.22. The van der Waals surface area contributed by atoms with Gasteiger partial charge in [0, 0.05) is 17.3 Å². The summed E-state index contributed by atoms with van der Waals surface area (Å²) in [5.74, 6) is 0.687. The summed E-state index contributed by atoms with van der Waals surface area (Å²) in [6.07, 6.45) is 1.78. The number of nitrogens with one attached hydrogen (secondary N) is 1. The number of hydrogen-bond acceptors (Lipinski definition) is 6. The van der Waals surface area contributed by atoms with Gasteiger partial charge in [0.05, 0.1) is 0 Å². The van der Waals surface area contributed by atoms with Gasteiger partial charge < -0.3 is 4.74 Å². The molecule has 1 N–H and O–H groups in total. The first-order chi connectivity index (χ1) is 15.9. The molecule has 2 heterocycles. The average Bonchev–Trinajstić information content (AvgIpc) is 3.50. The van der Waals surface area contributed by atoms with Crippen molar-refractivity contribution in [3.63, 3.8) is 0 Å². The molecule has 3 aromatic carbocycles. The van der Waals surface area contributed by atoms with Gasteiger partial charge in [-0.05, 0) is 5.56 Å². The van der Waals surface area contributed by atoms with Gasteiger partial charge in [-0.1, -0.05) is 102 Å². The fraction of sp³-hybridized carbons (Fsp3) is 0.0400. The summed E-state index contributed by atoms with van der Waals surface area (Å²) in [6.45, 7) is 0.276. The minimum atomic E-state index is 0.276. The molecule has 32 heavy (non-hydrogen) atoms. The number of benzene rings is 3. The van der Waals surface area contributed by atoms with Gasteiger partial charge in [0.1, 0.15) is 18.0 Å². The zero-order chi connectivity index (χ0) is 21.6. The predicted molar refractivity (Wildman–Crippen MR) is 127 cm³/mol. The van der Waals surface area contributed by atoms with Crippen LogP contribution in [0.4, 0.5) is 5.13 Å². The van der Waals surface area contributed by atoms with Gasteiger partial charge in [-0.25, -0.2) is 4.99 Å². The van der Waals surface area contributed by atoms with E-state index in [0.29, 0.717) is 10.9 Å². The minimum absolute atomic E-state index is 0.276. The average molecular weight is 438 g/mol. The van der Waals surface area contributed by atoms with E-state index in [9.17, 15) is 0 Å². The van der Waals surface area contributed by atoms with Gasteiger partial charge in [-0.15, -0.1) is 10.2 Å². The molecule has 0 saturated carbocycles. The molecule has 0 amide bonds. The lowest BCUT2D eigenvalue weighted by molar-refractivity contribution is 0.307. The molecular weight excluding hydrogens is 418 g/mol. The molecule has 0 fully saturated rings. The van der Waals surface area contributed by atoms with Crippen LogP contribution in [0.1, 0.15) is 10.6 Å². The summed E-state index contributed by atoms with van der Waals surface area (Å²) in [6, 6.07) is 29.9. The molecular formula is C25H19N5OS. The quantitative estimate of drug-likeness (QED) is 0.320. The van der Waals surface area contributed by atoms with Crippen molar-refractivity contribution in [2.45, 2.75) is 6.61 Å². The molecule has 0 aliphatic carbocycles. The maximum atomic E-state index is 6.24. The normalized spacial score (nSPS) is 11.1. The topological polar surface area (TPSA) is 76.1 Å². The SMILES string of the molecule is C(=N\c1nnc(COc2c(-c3ccccc3)n[nH]c2-c2ccccc2)s1)/c1ccccc1. The number of nitrogens with zero attached hydrogens (tertiary/aromatic N) is 4. The first-order valence-electron chi connectivity index (χ1n) is 10.1. The summed E-state index contributed by atoms with van der Waals surface area (Å²) >= 11 is 1.40. The van der Waals surface area contributed by atoms with E-state index in [2.05, 4.69) is 25.4 Å². The van der Waals surface area contributed by atoms with Crippen LogP contribution in [0.5, 0.6) is 5.75 Å². The Hall–Kier alpha value is -4.10.